The van der Waals surface area contributed by atoms with Gasteiger partial charge in [-0.15, -0.1) is 24.0 Å². The molecule has 1 aliphatic heterocycles. The van der Waals surface area contributed by atoms with Crippen molar-refractivity contribution >= 4 is 29.9 Å². The van der Waals surface area contributed by atoms with Crippen molar-refractivity contribution in [3.05, 3.63) is 29.8 Å². The summed E-state index contributed by atoms with van der Waals surface area (Å²) in [4.78, 5) is 7.35. The molecule has 0 aromatic heterocycles. The number of hydrogen-bond acceptors (Lipinski definition) is 3. The van der Waals surface area contributed by atoms with Crippen molar-refractivity contribution in [1.29, 1.82) is 0 Å². The van der Waals surface area contributed by atoms with Crippen molar-refractivity contribution < 1.29 is 5.11 Å². The quantitative estimate of drug-likeness (QED) is 0.349. The van der Waals surface area contributed by atoms with E-state index in [4.69, 9.17) is 4.99 Å². The third-order valence-electron chi connectivity index (χ3n) is 4.90. The van der Waals surface area contributed by atoms with Crippen LogP contribution in [-0.2, 0) is 6.42 Å². The summed E-state index contributed by atoms with van der Waals surface area (Å²) < 4.78 is 0. The molecule has 1 aromatic rings. The van der Waals surface area contributed by atoms with Crippen molar-refractivity contribution in [3.8, 4) is 5.75 Å². The van der Waals surface area contributed by atoms with E-state index in [1.807, 2.05) is 18.2 Å². The highest BCUT2D eigenvalue weighted by Crippen LogP contribution is 2.33. The largest absolute Gasteiger partial charge is 0.508 e. The molecule has 2 fully saturated rings. The van der Waals surface area contributed by atoms with E-state index >= 15 is 0 Å². The standard InChI is InChI=1S/C19H30N4O.HI/c1-3-20-19(21-10-9-15-5-4-6-18(24)12-15)22-16-11-14(2)23(13-16)17-7-8-17;/h4-6,12,14,16-17,24H,3,7-11,13H2,1-2H3,(H2,20,21,22);1H. The van der Waals surface area contributed by atoms with Gasteiger partial charge in [-0.3, -0.25) is 9.89 Å². The molecule has 3 N–H and O–H groups in total. The Morgan fingerprint density at radius 2 is 2.16 bits per heavy atom. The molecule has 0 spiro atoms. The van der Waals surface area contributed by atoms with Gasteiger partial charge in [0.05, 0.1) is 0 Å². The summed E-state index contributed by atoms with van der Waals surface area (Å²) in [5.41, 5.74) is 1.11. The summed E-state index contributed by atoms with van der Waals surface area (Å²) >= 11 is 0. The minimum Gasteiger partial charge on any atom is -0.508 e. The Balaban J connectivity index is 0.00000225. The van der Waals surface area contributed by atoms with Crippen LogP contribution in [0.5, 0.6) is 5.75 Å². The molecule has 1 aliphatic carbocycles. The minimum atomic E-state index is 0. The second-order valence-corrected chi connectivity index (χ2v) is 7.03. The average Bonchev–Trinajstić information content (AvgIpc) is 3.31. The van der Waals surface area contributed by atoms with Crippen LogP contribution in [0, 0.1) is 0 Å². The van der Waals surface area contributed by atoms with Crippen molar-refractivity contribution in [2.45, 2.75) is 57.7 Å². The Kier molecular flexibility index (Phi) is 7.81. The molecule has 25 heavy (non-hydrogen) atoms. The van der Waals surface area contributed by atoms with Gasteiger partial charge in [-0.1, -0.05) is 12.1 Å². The summed E-state index contributed by atoms with van der Waals surface area (Å²) in [5, 5.41) is 16.5. The predicted octanol–water partition coefficient (Wildman–Crippen LogP) is 2.73. The first-order valence-electron chi connectivity index (χ1n) is 9.24. The molecule has 1 saturated carbocycles. The van der Waals surface area contributed by atoms with E-state index < -0.39 is 0 Å². The van der Waals surface area contributed by atoms with E-state index in [2.05, 4.69) is 29.4 Å². The number of likely N-dealkylation sites (tertiary alicyclic amines) is 1. The monoisotopic (exact) mass is 458 g/mol. The molecule has 0 bridgehead atoms. The van der Waals surface area contributed by atoms with Gasteiger partial charge in [0.25, 0.3) is 0 Å². The number of nitrogens with zero attached hydrogens (tertiary/aromatic N) is 2. The summed E-state index contributed by atoms with van der Waals surface area (Å²) in [7, 11) is 0. The lowest BCUT2D eigenvalue weighted by Crippen LogP contribution is -2.44. The van der Waals surface area contributed by atoms with Gasteiger partial charge in [0.1, 0.15) is 5.75 Å². The van der Waals surface area contributed by atoms with E-state index in [0.29, 0.717) is 24.4 Å². The molecule has 2 aliphatic rings. The molecular formula is C19H31IN4O. The van der Waals surface area contributed by atoms with E-state index in [9.17, 15) is 5.11 Å². The number of halogens is 1. The Morgan fingerprint density at radius 1 is 1.36 bits per heavy atom. The lowest BCUT2D eigenvalue weighted by Gasteiger charge is -2.20. The molecule has 3 rings (SSSR count). The van der Waals surface area contributed by atoms with E-state index in [1.54, 1.807) is 6.07 Å². The van der Waals surface area contributed by atoms with Crippen LogP contribution in [-0.4, -0.2) is 53.7 Å². The van der Waals surface area contributed by atoms with E-state index in [-0.39, 0.29) is 24.0 Å². The lowest BCUT2D eigenvalue weighted by molar-refractivity contribution is 0.256. The third-order valence-corrected chi connectivity index (χ3v) is 4.90. The Bertz CT molecular complexity index is 576. The molecule has 1 aromatic carbocycles. The normalized spacial score (nSPS) is 24.0. The maximum atomic E-state index is 9.53. The van der Waals surface area contributed by atoms with Gasteiger partial charge in [-0.05, 0) is 57.2 Å². The zero-order valence-electron chi connectivity index (χ0n) is 15.2. The molecule has 140 valence electrons. The van der Waals surface area contributed by atoms with Crippen molar-refractivity contribution in [2.75, 3.05) is 19.6 Å². The average molecular weight is 458 g/mol. The third kappa shape index (κ3) is 6.02. The van der Waals surface area contributed by atoms with E-state index in [1.165, 1.54) is 19.3 Å². The zero-order valence-corrected chi connectivity index (χ0v) is 17.6. The second kappa shape index (κ2) is 9.62. The van der Waals surface area contributed by atoms with Gasteiger partial charge < -0.3 is 15.7 Å². The van der Waals surface area contributed by atoms with Crippen LogP contribution in [0.25, 0.3) is 0 Å². The van der Waals surface area contributed by atoms with Gasteiger partial charge in [-0.25, -0.2) is 0 Å². The Labute approximate surface area is 168 Å². The number of aliphatic imine (C=N–C) groups is 1. The van der Waals surface area contributed by atoms with Crippen LogP contribution in [0.1, 0.15) is 38.7 Å². The zero-order chi connectivity index (χ0) is 16.9. The molecule has 5 nitrogen and oxygen atoms in total. The Morgan fingerprint density at radius 3 is 2.84 bits per heavy atom. The maximum absolute atomic E-state index is 9.53. The van der Waals surface area contributed by atoms with Gasteiger partial charge in [0.15, 0.2) is 5.96 Å². The van der Waals surface area contributed by atoms with Crippen LogP contribution < -0.4 is 10.6 Å². The topological polar surface area (TPSA) is 59.9 Å². The first-order chi connectivity index (χ1) is 11.7. The molecule has 0 radical (unpaired) electrons. The molecular weight excluding hydrogens is 427 g/mol. The number of rotatable bonds is 6. The van der Waals surface area contributed by atoms with Crippen LogP contribution in [0.3, 0.4) is 0 Å². The first-order valence-corrected chi connectivity index (χ1v) is 9.24. The molecule has 6 heteroatoms. The lowest BCUT2D eigenvalue weighted by atomic mass is 10.1. The maximum Gasteiger partial charge on any atom is 0.191 e. The smallest absolute Gasteiger partial charge is 0.191 e. The minimum absolute atomic E-state index is 0. The van der Waals surface area contributed by atoms with E-state index in [0.717, 1.165) is 37.1 Å². The summed E-state index contributed by atoms with van der Waals surface area (Å²) in [6.45, 7) is 7.15. The Hall–Kier alpha value is -1.02. The van der Waals surface area contributed by atoms with Gasteiger partial charge >= 0.3 is 0 Å². The number of aromatic hydroxyl groups is 1. The van der Waals surface area contributed by atoms with Gasteiger partial charge in [0, 0.05) is 37.8 Å². The molecule has 1 heterocycles. The van der Waals surface area contributed by atoms with Crippen molar-refractivity contribution in [3.63, 3.8) is 0 Å². The van der Waals surface area contributed by atoms with Crippen LogP contribution >= 0.6 is 24.0 Å². The molecule has 2 atom stereocenters. The molecule has 1 saturated heterocycles. The number of phenolic OH excluding ortho intramolecular Hbond substituents is 1. The highest BCUT2D eigenvalue weighted by Gasteiger charge is 2.38. The fraction of sp³-hybridized carbons (Fsp3) is 0.632. The number of phenols is 1. The summed E-state index contributed by atoms with van der Waals surface area (Å²) in [6.07, 6.45) is 4.76. The van der Waals surface area contributed by atoms with Crippen LogP contribution in [0.4, 0.5) is 0 Å². The number of nitrogens with one attached hydrogen (secondary N) is 2. The second-order valence-electron chi connectivity index (χ2n) is 7.03. The van der Waals surface area contributed by atoms with Crippen molar-refractivity contribution in [1.82, 2.24) is 15.5 Å². The number of hydrogen-bond donors (Lipinski definition) is 3. The first kappa shape index (κ1) is 20.3. The highest BCUT2D eigenvalue weighted by molar-refractivity contribution is 14.0. The predicted molar refractivity (Wildman–Crippen MR) is 114 cm³/mol. The number of benzene rings is 1. The van der Waals surface area contributed by atoms with Crippen LogP contribution in [0.2, 0.25) is 0 Å². The highest BCUT2D eigenvalue weighted by atomic mass is 127. The van der Waals surface area contributed by atoms with Crippen LogP contribution in [0.15, 0.2) is 29.3 Å². The fourth-order valence-electron chi connectivity index (χ4n) is 3.60. The molecule has 2 unspecified atom stereocenters. The van der Waals surface area contributed by atoms with Gasteiger partial charge in [-0.2, -0.15) is 0 Å². The summed E-state index contributed by atoms with van der Waals surface area (Å²) in [6, 6.07) is 9.40. The van der Waals surface area contributed by atoms with Crippen molar-refractivity contribution in [2.24, 2.45) is 4.99 Å². The molecule has 0 amide bonds. The number of guanidine groups is 1. The SMILES string of the molecule is CCNC(=NCCc1cccc(O)c1)NC1CC(C)N(C2CC2)C1.I. The summed E-state index contributed by atoms with van der Waals surface area (Å²) in [5.74, 6) is 1.23. The van der Waals surface area contributed by atoms with Gasteiger partial charge in [0.2, 0.25) is 0 Å². The fourth-order valence-corrected chi connectivity index (χ4v) is 3.60.